The van der Waals surface area contributed by atoms with E-state index in [0.717, 1.165) is 14.7 Å². The Kier molecular flexibility index (Phi) is 5.27. The summed E-state index contributed by atoms with van der Waals surface area (Å²) in [7, 11) is 0. The summed E-state index contributed by atoms with van der Waals surface area (Å²) in [5, 5.41) is 16.9. The summed E-state index contributed by atoms with van der Waals surface area (Å²) in [6.45, 7) is 1.84. The number of thioether (sulfide) groups is 1. The van der Waals surface area contributed by atoms with Gasteiger partial charge in [-0.2, -0.15) is 13.2 Å². The number of benzene rings is 1. The number of rotatable bonds is 5. The third-order valence-corrected chi connectivity index (χ3v) is 6.52. The maximum absolute atomic E-state index is 12.7. The van der Waals surface area contributed by atoms with Crippen molar-refractivity contribution in [3.8, 4) is 0 Å². The molecule has 13 heteroatoms. The Morgan fingerprint density at radius 2 is 1.97 bits per heavy atom. The minimum atomic E-state index is -4.62. The number of para-hydroxylation sites is 1. The molecule has 150 valence electrons. The highest BCUT2D eigenvalue weighted by Gasteiger charge is 2.36. The number of aryl methyl sites for hydroxylation is 1. The van der Waals surface area contributed by atoms with Crippen molar-refractivity contribution in [3.63, 3.8) is 0 Å². The molecule has 0 aliphatic heterocycles. The van der Waals surface area contributed by atoms with Gasteiger partial charge in [-0.15, -0.1) is 20.4 Å². The molecular formula is C16H10F3N5O2S3. The summed E-state index contributed by atoms with van der Waals surface area (Å²) < 4.78 is 44.5. The van der Waals surface area contributed by atoms with Gasteiger partial charge in [0.15, 0.2) is 10.1 Å². The van der Waals surface area contributed by atoms with Gasteiger partial charge in [0.2, 0.25) is 10.1 Å². The number of amides is 1. The molecule has 3 heterocycles. The first-order valence-corrected chi connectivity index (χ1v) is 10.6. The number of nitrogens with zero attached hydrogens (tertiary/aromatic N) is 4. The monoisotopic (exact) mass is 457 g/mol. The van der Waals surface area contributed by atoms with Crippen LogP contribution in [0.3, 0.4) is 0 Å². The average Bonchev–Trinajstić information content (AvgIpc) is 3.38. The number of fused-ring (bicyclic) bond motifs is 1. The molecule has 0 saturated carbocycles. The summed E-state index contributed by atoms with van der Waals surface area (Å²) in [4.78, 5) is 12.7. The number of hydrogen-bond donors (Lipinski definition) is 1. The second kappa shape index (κ2) is 7.72. The lowest BCUT2D eigenvalue weighted by molar-refractivity contribution is -0.138. The fourth-order valence-corrected chi connectivity index (χ4v) is 4.89. The normalized spacial score (nSPS) is 11.9. The third kappa shape index (κ3) is 4.26. The zero-order chi connectivity index (χ0) is 20.6. The van der Waals surface area contributed by atoms with Crippen LogP contribution in [0.5, 0.6) is 0 Å². The summed E-state index contributed by atoms with van der Waals surface area (Å²) in [6, 6.07) is 7.09. The molecule has 0 radical (unpaired) electrons. The largest absolute Gasteiger partial charge is 0.451 e. The van der Waals surface area contributed by atoms with Gasteiger partial charge in [0.05, 0.1) is 0 Å². The van der Waals surface area contributed by atoms with Crippen molar-refractivity contribution in [1.29, 1.82) is 0 Å². The number of aromatic nitrogens is 4. The maximum Gasteiger partial charge on any atom is 0.445 e. The number of anilines is 1. The minimum absolute atomic E-state index is 0.00342. The molecule has 29 heavy (non-hydrogen) atoms. The zero-order valence-electron chi connectivity index (χ0n) is 14.5. The van der Waals surface area contributed by atoms with E-state index in [1.807, 2.05) is 19.1 Å². The van der Waals surface area contributed by atoms with Crippen molar-refractivity contribution in [2.45, 2.75) is 23.2 Å². The molecular weight excluding hydrogens is 447 g/mol. The molecule has 4 rings (SSSR count). The van der Waals surface area contributed by atoms with Crippen molar-refractivity contribution >= 4 is 56.4 Å². The van der Waals surface area contributed by atoms with Crippen LogP contribution < -0.4 is 5.32 Å². The van der Waals surface area contributed by atoms with Gasteiger partial charge in [-0.1, -0.05) is 52.6 Å². The smallest absolute Gasteiger partial charge is 0.445 e. The number of hydrogen-bond acceptors (Lipinski definition) is 9. The number of carbonyl (C=O) groups is 1. The first-order chi connectivity index (χ1) is 13.8. The molecule has 0 unspecified atom stereocenters. The molecule has 0 atom stereocenters. The summed E-state index contributed by atoms with van der Waals surface area (Å²) >= 11 is 3.06. The number of nitrogens with one attached hydrogen (secondary N) is 1. The van der Waals surface area contributed by atoms with Crippen LogP contribution in [0.25, 0.3) is 11.0 Å². The second-order valence-corrected chi connectivity index (χ2v) is 9.03. The van der Waals surface area contributed by atoms with E-state index in [4.69, 9.17) is 4.42 Å². The number of alkyl halides is 3. The first kappa shape index (κ1) is 19.8. The Morgan fingerprint density at radius 3 is 2.66 bits per heavy atom. The van der Waals surface area contributed by atoms with E-state index in [1.54, 1.807) is 12.1 Å². The predicted molar refractivity (Wildman–Crippen MR) is 103 cm³/mol. The van der Waals surface area contributed by atoms with Crippen LogP contribution in [-0.2, 0) is 11.9 Å². The van der Waals surface area contributed by atoms with E-state index in [1.165, 1.54) is 23.1 Å². The lowest BCUT2D eigenvalue weighted by atomic mass is 10.1. The van der Waals surface area contributed by atoms with E-state index in [9.17, 15) is 18.0 Å². The van der Waals surface area contributed by atoms with E-state index in [-0.39, 0.29) is 22.2 Å². The van der Waals surface area contributed by atoms with Crippen molar-refractivity contribution in [2.75, 3.05) is 5.32 Å². The molecule has 0 bridgehead atoms. The van der Waals surface area contributed by atoms with Crippen molar-refractivity contribution in [2.24, 2.45) is 0 Å². The molecule has 0 fully saturated rings. The Bertz CT molecular complexity index is 1180. The van der Waals surface area contributed by atoms with Crippen LogP contribution in [-0.4, -0.2) is 26.3 Å². The fourth-order valence-electron chi connectivity index (χ4n) is 2.44. The number of furan rings is 1. The Labute approximate surface area is 173 Å². The van der Waals surface area contributed by atoms with Gasteiger partial charge in [0, 0.05) is 16.7 Å². The van der Waals surface area contributed by atoms with Gasteiger partial charge < -0.3 is 4.42 Å². The average molecular weight is 457 g/mol. The topological polar surface area (TPSA) is 93.8 Å². The van der Waals surface area contributed by atoms with Gasteiger partial charge >= 0.3 is 6.18 Å². The van der Waals surface area contributed by atoms with Crippen LogP contribution in [0, 0.1) is 6.92 Å². The Morgan fingerprint density at radius 1 is 1.17 bits per heavy atom. The minimum Gasteiger partial charge on any atom is -0.451 e. The SMILES string of the molecule is Cc1nnc(SCc2c(C(=O)Nc3nnc(C(F)(F)F)s3)oc3ccccc23)s1. The standard InChI is InChI=1S/C16H10F3N5O2S3/c1-7-21-24-15(28-7)27-6-9-8-4-2-3-5-10(8)26-11(9)12(25)20-14-23-22-13(29-14)16(17,18)19/h2-5H,6H2,1H3,(H,20,23,25). The fraction of sp³-hybridized carbons (Fsp3) is 0.188. The van der Waals surface area contributed by atoms with Crippen LogP contribution in [0.2, 0.25) is 0 Å². The molecule has 4 aromatic rings. The maximum atomic E-state index is 12.7. The van der Waals surface area contributed by atoms with Gasteiger partial charge in [-0.25, -0.2) is 0 Å². The van der Waals surface area contributed by atoms with Crippen LogP contribution in [0.15, 0.2) is 33.0 Å². The molecule has 0 spiro atoms. The van der Waals surface area contributed by atoms with Crippen molar-refractivity contribution < 1.29 is 22.4 Å². The quantitative estimate of drug-likeness (QED) is 0.421. The Balaban J connectivity index is 1.61. The van der Waals surface area contributed by atoms with Crippen molar-refractivity contribution in [1.82, 2.24) is 20.4 Å². The molecule has 1 N–H and O–H groups in total. The van der Waals surface area contributed by atoms with E-state index < -0.39 is 17.1 Å². The lowest BCUT2D eigenvalue weighted by Gasteiger charge is -2.02. The lowest BCUT2D eigenvalue weighted by Crippen LogP contribution is -2.12. The highest BCUT2D eigenvalue weighted by Crippen LogP contribution is 2.35. The number of halogens is 3. The predicted octanol–water partition coefficient (Wildman–Crippen LogP) is 5.01. The van der Waals surface area contributed by atoms with Crippen LogP contribution in [0.4, 0.5) is 18.3 Å². The summed E-state index contributed by atoms with van der Waals surface area (Å²) in [5.41, 5.74) is 1.10. The highest BCUT2D eigenvalue weighted by atomic mass is 32.2. The van der Waals surface area contributed by atoms with E-state index in [2.05, 4.69) is 25.7 Å². The van der Waals surface area contributed by atoms with Crippen LogP contribution >= 0.6 is 34.4 Å². The third-order valence-electron chi connectivity index (χ3n) is 3.64. The van der Waals surface area contributed by atoms with E-state index >= 15 is 0 Å². The summed E-state index contributed by atoms with van der Waals surface area (Å²) in [6.07, 6.45) is -4.62. The Hall–Kier alpha value is -2.51. The van der Waals surface area contributed by atoms with Crippen molar-refractivity contribution in [3.05, 3.63) is 45.6 Å². The van der Waals surface area contributed by atoms with E-state index in [0.29, 0.717) is 16.9 Å². The molecule has 3 aromatic heterocycles. The second-order valence-electron chi connectivity index (χ2n) is 5.65. The number of carbonyl (C=O) groups excluding carboxylic acids is 1. The van der Waals surface area contributed by atoms with Gasteiger partial charge in [-0.3, -0.25) is 10.1 Å². The zero-order valence-corrected chi connectivity index (χ0v) is 16.9. The molecule has 1 aromatic carbocycles. The molecule has 7 nitrogen and oxygen atoms in total. The molecule has 0 aliphatic rings. The molecule has 0 saturated heterocycles. The van der Waals surface area contributed by atoms with Gasteiger partial charge in [0.1, 0.15) is 10.6 Å². The van der Waals surface area contributed by atoms with Gasteiger partial charge in [-0.05, 0) is 13.0 Å². The molecule has 0 aliphatic carbocycles. The van der Waals surface area contributed by atoms with Crippen LogP contribution in [0.1, 0.15) is 26.1 Å². The first-order valence-electron chi connectivity index (χ1n) is 7.96. The summed E-state index contributed by atoms with van der Waals surface area (Å²) in [5.74, 6) is -0.322. The molecule has 1 amide bonds. The van der Waals surface area contributed by atoms with Gasteiger partial charge in [0.25, 0.3) is 5.91 Å². The highest BCUT2D eigenvalue weighted by molar-refractivity contribution is 8.00.